The molecular weight excluding hydrogens is 340 g/mol. The van der Waals surface area contributed by atoms with Crippen molar-refractivity contribution in [1.82, 2.24) is 0 Å². The van der Waals surface area contributed by atoms with Crippen LogP contribution >= 0.6 is 0 Å². The predicted octanol–water partition coefficient (Wildman–Crippen LogP) is 5.00. The SMILES string of the molecule is C=CCc1cc(C=O)cc(OCC)c1OC(=O)c1cccc2ccccc12. The van der Waals surface area contributed by atoms with Crippen LogP contribution in [-0.4, -0.2) is 18.9 Å². The molecule has 0 aromatic heterocycles. The van der Waals surface area contributed by atoms with Crippen molar-refractivity contribution in [2.75, 3.05) is 6.61 Å². The van der Waals surface area contributed by atoms with Crippen LogP contribution in [0.25, 0.3) is 10.8 Å². The lowest BCUT2D eigenvalue weighted by atomic mass is 10.0. The average Bonchev–Trinajstić information content (AvgIpc) is 2.69. The Bertz CT molecular complexity index is 999. The highest BCUT2D eigenvalue weighted by atomic mass is 16.6. The second-order valence-corrected chi connectivity index (χ2v) is 5.97. The first-order valence-corrected chi connectivity index (χ1v) is 8.73. The van der Waals surface area contributed by atoms with E-state index in [4.69, 9.17) is 9.47 Å². The molecule has 0 aliphatic heterocycles. The first-order valence-electron chi connectivity index (χ1n) is 8.73. The lowest BCUT2D eigenvalue weighted by molar-refractivity contribution is 0.0729. The maximum atomic E-state index is 12.9. The van der Waals surface area contributed by atoms with Crippen LogP contribution in [0.2, 0.25) is 0 Å². The molecule has 0 spiro atoms. The van der Waals surface area contributed by atoms with Gasteiger partial charge in [-0.3, -0.25) is 4.79 Å². The fraction of sp³-hybridized carbons (Fsp3) is 0.130. The molecule has 0 aliphatic carbocycles. The van der Waals surface area contributed by atoms with Crippen molar-refractivity contribution in [2.24, 2.45) is 0 Å². The largest absolute Gasteiger partial charge is 0.490 e. The molecule has 0 amide bonds. The zero-order chi connectivity index (χ0) is 19.2. The first kappa shape index (κ1) is 18.4. The van der Waals surface area contributed by atoms with E-state index in [1.54, 1.807) is 24.3 Å². The molecule has 0 heterocycles. The summed E-state index contributed by atoms with van der Waals surface area (Å²) in [5, 5.41) is 1.78. The van der Waals surface area contributed by atoms with Crippen LogP contribution in [0.15, 0.2) is 67.3 Å². The quantitative estimate of drug-likeness (QED) is 0.257. The maximum Gasteiger partial charge on any atom is 0.344 e. The Balaban J connectivity index is 2.06. The van der Waals surface area contributed by atoms with Crippen molar-refractivity contribution in [1.29, 1.82) is 0 Å². The van der Waals surface area contributed by atoms with Crippen LogP contribution in [0.1, 0.15) is 33.2 Å². The molecule has 0 aliphatic rings. The van der Waals surface area contributed by atoms with Gasteiger partial charge in [0.05, 0.1) is 12.2 Å². The number of esters is 1. The molecule has 0 radical (unpaired) electrons. The second kappa shape index (κ2) is 8.32. The van der Waals surface area contributed by atoms with Gasteiger partial charge in [0, 0.05) is 11.1 Å². The molecule has 3 aromatic rings. The summed E-state index contributed by atoms with van der Waals surface area (Å²) < 4.78 is 11.4. The number of rotatable bonds is 7. The van der Waals surface area contributed by atoms with Crippen LogP contribution in [0.5, 0.6) is 11.5 Å². The summed E-state index contributed by atoms with van der Waals surface area (Å²) >= 11 is 0. The van der Waals surface area contributed by atoms with E-state index >= 15 is 0 Å². The number of benzene rings is 3. The summed E-state index contributed by atoms with van der Waals surface area (Å²) in [6.07, 6.45) is 2.88. The molecule has 0 fully saturated rings. The molecule has 0 bridgehead atoms. The molecule has 0 saturated carbocycles. The fourth-order valence-electron chi connectivity index (χ4n) is 2.99. The zero-order valence-electron chi connectivity index (χ0n) is 15.1. The Hall–Kier alpha value is -3.40. The third-order valence-corrected chi connectivity index (χ3v) is 4.16. The molecule has 136 valence electrons. The number of hydrogen-bond donors (Lipinski definition) is 0. The Labute approximate surface area is 158 Å². The highest BCUT2D eigenvalue weighted by molar-refractivity contribution is 6.05. The summed E-state index contributed by atoms with van der Waals surface area (Å²) in [6, 6.07) is 16.4. The van der Waals surface area contributed by atoms with Gasteiger partial charge in [-0.1, -0.05) is 42.5 Å². The molecule has 3 rings (SSSR count). The minimum Gasteiger partial charge on any atom is -0.490 e. The fourth-order valence-corrected chi connectivity index (χ4v) is 2.99. The summed E-state index contributed by atoms with van der Waals surface area (Å²) in [7, 11) is 0. The van der Waals surface area contributed by atoms with Gasteiger partial charge in [-0.05, 0) is 42.3 Å². The minimum atomic E-state index is -0.475. The minimum absolute atomic E-state index is 0.320. The molecule has 3 aromatic carbocycles. The normalized spacial score (nSPS) is 10.4. The van der Waals surface area contributed by atoms with Gasteiger partial charge < -0.3 is 9.47 Å². The van der Waals surface area contributed by atoms with Crippen molar-refractivity contribution < 1.29 is 19.1 Å². The summed E-state index contributed by atoms with van der Waals surface area (Å²) in [6.45, 7) is 5.95. The summed E-state index contributed by atoms with van der Waals surface area (Å²) in [4.78, 5) is 24.2. The number of ether oxygens (including phenoxy) is 2. The van der Waals surface area contributed by atoms with Crippen molar-refractivity contribution >= 4 is 23.0 Å². The van der Waals surface area contributed by atoms with Crippen molar-refractivity contribution in [3.05, 3.63) is 83.9 Å². The van der Waals surface area contributed by atoms with E-state index in [2.05, 4.69) is 6.58 Å². The van der Waals surface area contributed by atoms with Gasteiger partial charge in [-0.15, -0.1) is 6.58 Å². The zero-order valence-corrected chi connectivity index (χ0v) is 15.1. The number of fused-ring (bicyclic) bond motifs is 1. The number of carbonyl (C=O) groups excluding carboxylic acids is 2. The van der Waals surface area contributed by atoms with Crippen molar-refractivity contribution in [3.63, 3.8) is 0 Å². The molecule has 0 N–H and O–H groups in total. The molecular formula is C23H20O4. The van der Waals surface area contributed by atoms with Gasteiger partial charge in [-0.2, -0.15) is 0 Å². The molecule has 0 atom stereocenters. The Morgan fingerprint density at radius 3 is 2.63 bits per heavy atom. The number of carbonyl (C=O) groups is 2. The van der Waals surface area contributed by atoms with E-state index in [0.29, 0.717) is 41.2 Å². The number of hydrogen-bond acceptors (Lipinski definition) is 4. The van der Waals surface area contributed by atoms with Gasteiger partial charge >= 0.3 is 5.97 Å². The van der Waals surface area contributed by atoms with Crippen LogP contribution in [0, 0.1) is 0 Å². The van der Waals surface area contributed by atoms with Crippen LogP contribution in [-0.2, 0) is 6.42 Å². The first-order chi connectivity index (χ1) is 13.2. The topological polar surface area (TPSA) is 52.6 Å². The second-order valence-electron chi connectivity index (χ2n) is 5.97. The third kappa shape index (κ3) is 3.90. The standard InChI is InChI=1S/C23H20O4/c1-3-8-18-13-16(15-24)14-21(26-4-2)22(18)27-23(25)20-12-7-10-17-9-5-6-11-19(17)20/h3,5-7,9-15H,1,4,8H2,2H3. The van der Waals surface area contributed by atoms with Gasteiger partial charge in [0.15, 0.2) is 11.5 Å². The Morgan fingerprint density at radius 2 is 1.89 bits per heavy atom. The molecule has 4 nitrogen and oxygen atoms in total. The smallest absolute Gasteiger partial charge is 0.344 e. The predicted molar refractivity (Wildman–Crippen MR) is 106 cm³/mol. The Morgan fingerprint density at radius 1 is 1.11 bits per heavy atom. The highest BCUT2D eigenvalue weighted by Gasteiger charge is 2.19. The van der Waals surface area contributed by atoms with E-state index in [1.165, 1.54) is 0 Å². The van der Waals surface area contributed by atoms with E-state index in [1.807, 2.05) is 43.3 Å². The Kier molecular flexibility index (Phi) is 5.67. The van der Waals surface area contributed by atoms with E-state index in [-0.39, 0.29) is 0 Å². The van der Waals surface area contributed by atoms with E-state index in [9.17, 15) is 9.59 Å². The lowest BCUT2D eigenvalue weighted by Crippen LogP contribution is -2.12. The molecule has 27 heavy (non-hydrogen) atoms. The van der Waals surface area contributed by atoms with E-state index < -0.39 is 5.97 Å². The highest BCUT2D eigenvalue weighted by Crippen LogP contribution is 2.34. The molecule has 0 unspecified atom stereocenters. The van der Waals surface area contributed by atoms with Gasteiger partial charge in [0.1, 0.15) is 6.29 Å². The van der Waals surface area contributed by atoms with Crippen LogP contribution < -0.4 is 9.47 Å². The van der Waals surface area contributed by atoms with Crippen LogP contribution in [0.4, 0.5) is 0 Å². The van der Waals surface area contributed by atoms with Crippen molar-refractivity contribution in [3.8, 4) is 11.5 Å². The van der Waals surface area contributed by atoms with Gasteiger partial charge in [-0.25, -0.2) is 4.79 Å². The summed E-state index contributed by atoms with van der Waals surface area (Å²) in [5.74, 6) is 0.213. The maximum absolute atomic E-state index is 12.9. The average molecular weight is 360 g/mol. The molecule has 4 heteroatoms. The van der Waals surface area contributed by atoms with E-state index in [0.717, 1.165) is 17.1 Å². The summed E-state index contributed by atoms with van der Waals surface area (Å²) in [5.41, 5.74) is 1.60. The van der Waals surface area contributed by atoms with Gasteiger partial charge in [0.2, 0.25) is 0 Å². The lowest BCUT2D eigenvalue weighted by Gasteiger charge is -2.16. The monoisotopic (exact) mass is 360 g/mol. The van der Waals surface area contributed by atoms with Crippen LogP contribution in [0.3, 0.4) is 0 Å². The van der Waals surface area contributed by atoms with Crippen molar-refractivity contribution in [2.45, 2.75) is 13.3 Å². The molecule has 0 saturated heterocycles. The number of allylic oxidation sites excluding steroid dienone is 1. The third-order valence-electron chi connectivity index (χ3n) is 4.16. The number of aldehydes is 1. The van der Waals surface area contributed by atoms with Gasteiger partial charge in [0.25, 0.3) is 0 Å².